The summed E-state index contributed by atoms with van der Waals surface area (Å²) in [6.07, 6.45) is 2.46. The van der Waals surface area contributed by atoms with Crippen molar-refractivity contribution in [1.82, 2.24) is 10.4 Å². The molecule has 0 fully saturated rings. The van der Waals surface area contributed by atoms with Gasteiger partial charge in [0.1, 0.15) is 17.6 Å². The number of allylic oxidation sites excluding steroid dienone is 1. The van der Waals surface area contributed by atoms with Gasteiger partial charge in [0.15, 0.2) is 11.6 Å². The second-order valence-electron chi connectivity index (χ2n) is 8.51. The Labute approximate surface area is 203 Å². The normalized spacial score (nSPS) is 14.8. The van der Waals surface area contributed by atoms with E-state index in [2.05, 4.69) is 10.7 Å². The summed E-state index contributed by atoms with van der Waals surface area (Å²) >= 11 is 0. The lowest BCUT2D eigenvalue weighted by Crippen LogP contribution is -2.43. The number of hydrogen-bond acceptors (Lipinski definition) is 7. The molecule has 3 rings (SSSR count). The summed E-state index contributed by atoms with van der Waals surface area (Å²) in [5, 5.41) is 23.4. The molecule has 1 aliphatic rings. The Balaban J connectivity index is 1.93. The van der Waals surface area contributed by atoms with Gasteiger partial charge >= 0.3 is 5.97 Å². The fraction of sp³-hybridized carbons (Fsp3) is 0.231. The highest BCUT2D eigenvalue weighted by Gasteiger charge is 2.39. The zero-order valence-electron chi connectivity index (χ0n) is 19.8. The number of amidine groups is 1. The number of aliphatic hydroxyl groups is 1. The van der Waals surface area contributed by atoms with Gasteiger partial charge in [-0.1, -0.05) is 50.3 Å². The molecule has 2 aromatic rings. The average molecular weight is 477 g/mol. The van der Waals surface area contributed by atoms with Crippen LogP contribution in [0, 0.1) is 10.8 Å². The molecular weight excluding hydrogens is 448 g/mol. The minimum absolute atomic E-state index is 0.00910. The van der Waals surface area contributed by atoms with Gasteiger partial charge in [-0.15, -0.1) is 0 Å². The molecule has 1 amide bonds. The average Bonchev–Trinajstić information content (AvgIpc) is 3.07. The van der Waals surface area contributed by atoms with E-state index in [0.29, 0.717) is 5.69 Å². The number of anilines is 2. The third kappa shape index (κ3) is 5.75. The second kappa shape index (κ2) is 10.7. The van der Waals surface area contributed by atoms with Crippen LogP contribution in [0.4, 0.5) is 11.4 Å². The molecule has 35 heavy (non-hydrogen) atoms. The van der Waals surface area contributed by atoms with Crippen LogP contribution in [-0.2, 0) is 14.3 Å². The molecular formula is C26H28N4O5. The van der Waals surface area contributed by atoms with E-state index in [9.17, 15) is 19.5 Å². The Morgan fingerprint density at radius 2 is 1.77 bits per heavy atom. The van der Waals surface area contributed by atoms with Crippen LogP contribution >= 0.6 is 0 Å². The summed E-state index contributed by atoms with van der Waals surface area (Å²) in [5.41, 5.74) is 3.05. The van der Waals surface area contributed by atoms with Gasteiger partial charge < -0.3 is 20.0 Å². The Kier molecular flexibility index (Phi) is 7.70. The fourth-order valence-electron chi connectivity index (χ4n) is 3.32. The third-order valence-electron chi connectivity index (χ3n) is 5.24. The van der Waals surface area contributed by atoms with Crippen molar-refractivity contribution in [3.8, 4) is 0 Å². The highest BCUT2D eigenvalue weighted by molar-refractivity contribution is 6.21. The number of esters is 1. The second-order valence-corrected chi connectivity index (χ2v) is 8.51. The van der Waals surface area contributed by atoms with Crippen molar-refractivity contribution in [2.24, 2.45) is 5.41 Å². The molecule has 0 bridgehead atoms. The SMILES string of the molecule is CCOC(=O)C1=C(O)/C(=C\CC(C)(C)C=O)N(NC(=O)c2ccccc2Nc2ccccc2)C1=N. The molecule has 1 aliphatic heterocycles. The molecule has 0 spiro atoms. The Morgan fingerprint density at radius 1 is 1.11 bits per heavy atom. The Morgan fingerprint density at radius 3 is 2.43 bits per heavy atom. The van der Waals surface area contributed by atoms with Crippen molar-refractivity contribution in [3.63, 3.8) is 0 Å². The molecule has 4 N–H and O–H groups in total. The quantitative estimate of drug-likeness (QED) is 0.314. The monoisotopic (exact) mass is 476 g/mol. The molecule has 182 valence electrons. The number of aldehydes is 1. The zero-order chi connectivity index (χ0) is 25.6. The van der Waals surface area contributed by atoms with Crippen molar-refractivity contribution in [2.45, 2.75) is 27.2 Å². The van der Waals surface area contributed by atoms with Crippen molar-refractivity contribution in [2.75, 3.05) is 11.9 Å². The van der Waals surface area contributed by atoms with Gasteiger partial charge in [-0.05, 0) is 37.6 Å². The van der Waals surface area contributed by atoms with E-state index in [0.717, 1.165) is 17.0 Å². The summed E-state index contributed by atoms with van der Waals surface area (Å²) in [7, 11) is 0. The number of rotatable bonds is 9. The Bertz CT molecular complexity index is 1200. The minimum Gasteiger partial charge on any atom is -0.505 e. The largest absolute Gasteiger partial charge is 0.505 e. The van der Waals surface area contributed by atoms with Gasteiger partial charge in [-0.3, -0.25) is 15.6 Å². The van der Waals surface area contributed by atoms with Crippen molar-refractivity contribution < 1.29 is 24.2 Å². The number of hydrogen-bond donors (Lipinski definition) is 4. The standard InChI is InChI=1S/C26H28N4O5/c1-4-35-25(34)21-22(32)20(14-15-26(2,3)16-31)30(23(21)27)29-24(33)18-12-8-9-13-19(18)28-17-10-6-5-7-11-17/h5-14,16,27-28,32H,4,15H2,1-3H3,(H,29,33)/b20-14+,27-23?. The molecule has 1 heterocycles. The van der Waals surface area contributed by atoms with Gasteiger partial charge in [-0.25, -0.2) is 9.80 Å². The van der Waals surface area contributed by atoms with E-state index in [1.54, 1.807) is 45.0 Å². The van der Waals surface area contributed by atoms with Crippen LogP contribution in [0.2, 0.25) is 0 Å². The first-order chi connectivity index (χ1) is 16.7. The fourth-order valence-corrected chi connectivity index (χ4v) is 3.32. The molecule has 0 aromatic heterocycles. The van der Waals surface area contributed by atoms with Gasteiger partial charge in [0, 0.05) is 11.1 Å². The smallest absolute Gasteiger partial charge is 0.345 e. The van der Waals surface area contributed by atoms with E-state index >= 15 is 0 Å². The van der Waals surface area contributed by atoms with Gasteiger partial charge in [0.2, 0.25) is 0 Å². The number of amides is 1. The Hall–Kier alpha value is -4.40. The van der Waals surface area contributed by atoms with Crippen LogP contribution in [0.3, 0.4) is 0 Å². The predicted octanol–water partition coefficient (Wildman–Crippen LogP) is 4.24. The van der Waals surface area contributed by atoms with Crippen molar-refractivity contribution >= 4 is 35.4 Å². The maximum atomic E-state index is 13.3. The molecule has 0 unspecified atom stereocenters. The number of aliphatic hydroxyl groups excluding tert-OH is 1. The number of carbonyl (C=O) groups excluding carboxylic acids is 3. The highest BCUT2D eigenvalue weighted by atomic mass is 16.5. The summed E-state index contributed by atoms with van der Waals surface area (Å²) in [5.74, 6) is -2.42. The number of nitrogens with one attached hydrogen (secondary N) is 3. The summed E-state index contributed by atoms with van der Waals surface area (Å²) in [6, 6.07) is 16.1. The molecule has 0 radical (unpaired) electrons. The first-order valence-corrected chi connectivity index (χ1v) is 11.1. The van der Waals surface area contributed by atoms with Gasteiger partial charge in [-0.2, -0.15) is 0 Å². The number of benzene rings is 2. The van der Waals surface area contributed by atoms with Crippen LogP contribution < -0.4 is 10.7 Å². The predicted molar refractivity (Wildman–Crippen MR) is 132 cm³/mol. The van der Waals surface area contributed by atoms with Crippen LogP contribution in [0.1, 0.15) is 37.6 Å². The van der Waals surface area contributed by atoms with Crippen molar-refractivity contribution in [1.29, 1.82) is 5.41 Å². The summed E-state index contributed by atoms with van der Waals surface area (Å²) in [4.78, 5) is 37.1. The lowest BCUT2D eigenvalue weighted by Gasteiger charge is -2.23. The summed E-state index contributed by atoms with van der Waals surface area (Å²) in [6.45, 7) is 5.07. The number of nitrogens with zero attached hydrogens (tertiary/aromatic N) is 1. The zero-order valence-corrected chi connectivity index (χ0v) is 19.8. The third-order valence-corrected chi connectivity index (χ3v) is 5.24. The molecule has 0 saturated carbocycles. The van der Waals surface area contributed by atoms with E-state index < -0.39 is 28.9 Å². The minimum atomic E-state index is -0.890. The van der Waals surface area contributed by atoms with E-state index in [1.165, 1.54) is 6.08 Å². The lowest BCUT2D eigenvalue weighted by atomic mass is 9.91. The van der Waals surface area contributed by atoms with Crippen LogP contribution in [0.5, 0.6) is 0 Å². The first-order valence-electron chi connectivity index (χ1n) is 11.1. The maximum Gasteiger partial charge on any atom is 0.345 e. The van der Waals surface area contributed by atoms with Gasteiger partial charge in [0.05, 0.1) is 17.9 Å². The van der Waals surface area contributed by atoms with Crippen molar-refractivity contribution in [3.05, 3.63) is 83.3 Å². The molecule has 0 aliphatic carbocycles. The first kappa shape index (κ1) is 25.2. The number of carbonyl (C=O) groups is 3. The maximum absolute atomic E-state index is 13.3. The molecule has 0 atom stereocenters. The molecule has 9 nitrogen and oxygen atoms in total. The highest BCUT2D eigenvalue weighted by Crippen LogP contribution is 2.30. The van der Waals surface area contributed by atoms with Gasteiger partial charge in [0.25, 0.3) is 5.91 Å². The molecule has 0 saturated heterocycles. The molecule has 2 aromatic carbocycles. The molecule has 9 heteroatoms. The van der Waals surface area contributed by atoms with E-state index in [-0.39, 0.29) is 29.9 Å². The van der Waals surface area contributed by atoms with Crippen LogP contribution in [-0.4, -0.2) is 40.7 Å². The summed E-state index contributed by atoms with van der Waals surface area (Å²) < 4.78 is 4.97. The number of para-hydroxylation sites is 2. The van der Waals surface area contributed by atoms with Crippen LogP contribution in [0.25, 0.3) is 0 Å². The topological polar surface area (TPSA) is 132 Å². The van der Waals surface area contributed by atoms with E-state index in [1.807, 2.05) is 30.3 Å². The lowest BCUT2D eigenvalue weighted by molar-refractivity contribution is -0.138. The number of ether oxygens (including phenoxy) is 1. The van der Waals surface area contributed by atoms with Crippen LogP contribution in [0.15, 0.2) is 77.7 Å². The number of hydrazine groups is 1. The van der Waals surface area contributed by atoms with E-state index in [4.69, 9.17) is 10.1 Å².